The fourth-order valence-corrected chi connectivity index (χ4v) is 2.68. The summed E-state index contributed by atoms with van der Waals surface area (Å²) in [6.45, 7) is 7.08. The first kappa shape index (κ1) is 10.2. The summed E-state index contributed by atoms with van der Waals surface area (Å²) in [7, 11) is 1.92. The monoisotopic (exact) mass is 287 g/mol. The molecule has 0 fully saturated rings. The van der Waals surface area contributed by atoms with Crippen molar-refractivity contribution in [2.75, 3.05) is 0 Å². The highest BCUT2D eigenvalue weighted by molar-refractivity contribution is 5.62. The van der Waals surface area contributed by atoms with Crippen molar-refractivity contribution in [2.45, 2.75) is 53.3 Å². The Hall–Kier alpha value is -1.63. The molecule has 0 bridgehead atoms. The van der Waals surface area contributed by atoms with Gasteiger partial charge in [-0.05, 0) is 42.8 Å². The third-order valence-electron chi connectivity index (χ3n) is 3.85. The minimum atomic E-state index is -2.13. The molecule has 1 aromatic carbocycles. The molecular weight excluding hydrogens is 254 g/mol. The summed E-state index contributed by atoms with van der Waals surface area (Å²) in [6.07, 6.45) is 1.92. The third kappa shape index (κ3) is 3.18. The van der Waals surface area contributed by atoms with Gasteiger partial charge in [-0.3, -0.25) is 0 Å². The molecule has 1 heteroatoms. The van der Waals surface area contributed by atoms with Gasteiger partial charge in [0.05, 0.1) is 0 Å². The quantitative estimate of drug-likeness (QED) is 0.696. The van der Waals surface area contributed by atoms with Crippen LogP contribution in [0.15, 0.2) is 30.5 Å². The van der Waals surface area contributed by atoms with Gasteiger partial charge in [-0.25, -0.2) is 4.57 Å². The van der Waals surface area contributed by atoms with Gasteiger partial charge in [0.2, 0.25) is 5.69 Å². The first-order chi connectivity index (χ1) is 11.6. The second-order valence-corrected chi connectivity index (χ2v) is 6.13. The zero-order chi connectivity index (χ0) is 20.1. The van der Waals surface area contributed by atoms with Crippen molar-refractivity contribution >= 4 is 0 Å². The summed E-state index contributed by atoms with van der Waals surface area (Å²) in [4.78, 5) is 0. The number of pyridine rings is 1. The van der Waals surface area contributed by atoms with Crippen LogP contribution in [0.25, 0.3) is 11.3 Å². The van der Waals surface area contributed by atoms with Crippen LogP contribution < -0.4 is 4.57 Å². The summed E-state index contributed by atoms with van der Waals surface area (Å²) >= 11 is 0. The average Bonchev–Trinajstić information content (AvgIpc) is 2.44. The zero-order valence-corrected chi connectivity index (χ0v) is 13.8. The fourth-order valence-electron chi connectivity index (χ4n) is 2.68. The topological polar surface area (TPSA) is 3.88 Å². The van der Waals surface area contributed by atoms with Gasteiger partial charge in [0.1, 0.15) is 7.05 Å². The third-order valence-corrected chi connectivity index (χ3v) is 3.85. The van der Waals surface area contributed by atoms with E-state index in [0.29, 0.717) is 5.56 Å². The maximum atomic E-state index is 8.53. The second-order valence-electron chi connectivity index (χ2n) is 6.13. The average molecular weight is 287 g/mol. The maximum Gasteiger partial charge on any atom is 0.212 e. The van der Waals surface area contributed by atoms with Crippen LogP contribution in [0, 0.1) is 13.8 Å². The minimum absolute atomic E-state index is 0.325. The molecule has 0 amide bonds. The number of rotatable bonds is 3. The molecule has 112 valence electrons. The molecular formula is C20H28N+. The number of benzene rings is 1. The first-order valence-electron chi connectivity index (χ1n) is 9.78. The Morgan fingerprint density at radius 1 is 1.05 bits per heavy atom. The van der Waals surface area contributed by atoms with Crippen LogP contribution in [0.2, 0.25) is 0 Å². The number of hydrogen-bond donors (Lipinski definition) is 0. The lowest BCUT2D eigenvalue weighted by Gasteiger charge is -2.16. The number of aromatic nitrogens is 1. The van der Waals surface area contributed by atoms with Crippen LogP contribution in [-0.4, -0.2) is 0 Å². The summed E-state index contributed by atoms with van der Waals surface area (Å²) in [5.74, 6) is -1.66. The van der Waals surface area contributed by atoms with Gasteiger partial charge in [0.25, 0.3) is 0 Å². The molecule has 2 rings (SSSR count). The minimum Gasteiger partial charge on any atom is -0.201 e. The predicted molar refractivity (Wildman–Crippen MR) is 90.7 cm³/mol. The molecule has 0 saturated heterocycles. The molecule has 0 unspecified atom stereocenters. The summed E-state index contributed by atoms with van der Waals surface area (Å²) in [6, 6.07) is 7.15. The van der Waals surface area contributed by atoms with Crippen molar-refractivity contribution in [1.29, 1.82) is 0 Å². The number of nitrogens with zero attached hydrogens (tertiary/aromatic N) is 1. The Balaban J connectivity index is 2.72. The van der Waals surface area contributed by atoms with Gasteiger partial charge >= 0.3 is 0 Å². The Kier molecular flexibility index (Phi) is 2.91. The van der Waals surface area contributed by atoms with E-state index in [1.165, 1.54) is 0 Å². The predicted octanol–water partition coefficient (Wildman–Crippen LogP) is 5.04. The Labute approximate surface area is 136 Å². The van der Waals surface area contributed by atoms with E-state index < -0.39 is 18.6 Å². The summed E-state index contributed by atoms with van der Waals surface area (Å²) < 4.78 is 41.7. The van der Waals surface area contributed by atoms with Crippen LogP contribution in [0.5, 0.6) is 0 Å². The molecule has 1 heterocycles. The highest BCUT2D eigenvalue weighted by atomic mass is 14.9. The molecule has 0 N–H and O–H groups in total. The molecule has 0 atom stereocenters. The summed E-state index contributed by atoms with van der Waals surface area (Å²) in [5, 5.41) is 0. The molecule has 0 radical (unpaired) electrons. The normalized spacial score (nSPS) is 16.6. The van der Waals surface area contributed by atoms with E-state index in [9.17, 15) is 0 Å². The van der Waals surface area contributed by atoms with Crippen molar-refractivity contribution in [2.24, 2.45) is 7.05 Å². The number of hydrogen-bond acceptors (Lipinski definition) is 0. The Morgan fingerprint density at radius 3 is 2.24 bits per heavy atom. The summed E-state index contributed by atoms with van der Waals surface area (Å²) in [5.41, 5.74) is 4.67. The lowest BCUT2D eigenvalue weighted by atomic mass is 9.90. The van der Waals surface area contributed by atoms with Crippen molar-refractivity contribution in [3.05, 3.63) is 52.7 Å². The van der Waals surface area contributed by atoms with E-state index >= 15 is 0 Å². The molecule has 0 saturated carbocycles. The van der Waals surface area contributed by atoms with E-state index in [1.807, 2.05) is 64.6 Å². The van der Waals surface area contributed by atoms with Gasteiger partial charge in [0, 0.05) is 24.0 Å². The fraction of sp³-hybridized carbons (Fsp3) is 0.450. The van der Waals surface area contributed by atoms with Crippen LogP contribution in [0.4, 0.5) is 0 Å². The lowest BCUT2D eigenvalue weighted by Crippen LogP contribution is -2.32. The molecule has 0 spiro atoms. The second kappa shape index (κ2) is 6.01. The molecule has 21 heavy (non-hydrogen) atoms. The van der Waals surface area contributed by atoms with E-state index in [1.54, 1.807) is 12.1 Å². The van der Waals surface area contributed by atoms with Crippen molar-refractivity contribution in [3.8, 4) is 11.3 Å². The molecule has 1 aromatic heterocycles. The lowest BCUT2D eigenvalue weighted by molar-refractivity contribution is -0.661. The van der Waals surface area contributed by atoms with Crippen LogP contribution in [-0.2, 0) is 7.05 Å². The van der Waals surface area contributed by atoms with Crippen LogP contribution in [0.1, 0.15) is 68.6 Å². The maximum absolute atomic E-state index is 8.53. The smallest absolute Gasteiger partial charge is 0.201 e. The highest BCUT2D eigenvalue weighted by Crippen LogP contribution is 2.29. The Bertz CT molecular complexity index is 824. The van der Waals surface area contributed by atoms with Gasteiger partial charge in [-0.1, -0.05) is 45.4 Å². The van der Waals surface area contributed by atoms with E-state index in [-0.39, 0.29) is 0 Å². The molecule has 0 aliphatic heterocycles. The number of aryl methyl sites for hydroxylation is 3. The van der Waals surface area contributed by atoms with Crippen molar-refractivity contribution in [3.63, 3.8) is 0 Å². The van der Waals surface area contributed by atoms with Gasteiger partial charge in [-0.2, -0.15) is 0 Å². The SMILES string of the molecule is [2H]C([2H])([2H])c1ccc(-c2cc(C([2H])(C)C)c(C([2H])(C)C)c[n+]2C)c(C)c1. The van der Waals surface area contributed by atoms with E-state index in [4.69, 9.17) is 6.85 Å². The molecule has 0 aliphatic rings. The van der Waals surface area contributed by atoms with Crippen LogP contribution >= 0.6 is 0 Å². The van der Waals surface area contributed by atoms with Crippen molar-refractivity contribution in [1.82, 2.24) is 0 Å². The van der Waals surface area contributed by atoms with E-state index in [0.717, 1.165) is 27.9 Å². The Morgan fingerprint density at radius 2 is 1.71 bits per heavy atom. The van der Waals surface area contributed by atoms with E-state index in [2.05, 4.69) is 0 Å². The zero-order valence-electron chi connectivity index (χ0n) is 18.8. The first-order valence-corrected chi connectivity index (χ1v) is 7.28. The molecule has 1 nitrogen and oxygen atoms in total. The van der Waals surface area contributed by atoms with Gasteiger partial charge in [0.15, 0.2) is 6.20 Å². The van der Waals surface area contributed by atoms with Gasteiger partial charge in [-0.15, -0.1) is 0 Å². The standard InChI is InChI=1S/C20H28N/c1-13(2)18-11-20(21(7)12-19(18)14(3)4)17-9-8-15(5)10-16(17)6/h8-14H,1-7H3/q+1/i5D3,13D,14D. The van der Waals surface area contributed by atoms with Crippen molar-refractivity contribution < 1.29 is 11.4 Å². The van der Waals surface area contributed by atoms with Crippen LogP contribution in [0.3, 0.4) is 0 Å². The largest absolute Gasteiger partial charge is 0.212 e. The molecule has 2 aromatic rings. The molecule has 0 aliphatic carbocycles. The van der Waals surface area contributed by atoms with Gasteiger partial charge < -0.3 is 0 Å². The highest BCUT2D eigenvalue weighted by Gasteiger charge is 2.20.